The summed E-state index contributed by atoms with van der Waals surface area (Å²) in [5.74, 6) is 1.04. The monoisotopic (exact) mass is 367 g/mol. The van der Waals surface area contributed by atoms with Crippen molar-refractivity contribution in [3.63, 3.8) is 0 Å². The summed E-state index contributed by atoms with van der Waals surface area (Å²) in [7, 11) is 0. The van der Waals surface area contributed by atoms with Crippen molar-refractivity contribution in [1.82, 2.24) is 14.8 Å². The molecule has 2 aliphatic rings. The van der Waals surface area contributed by atoms with Gasteiger partial charge in [0, 0.05) is 43.5 Å². The van der Waals surface area contributed by atoms with Gasteiger partial charge in [0.25, 0.3) is 5.91 Å². The number of piperazine rings is 1. The lowest BCUT2D eigenvalue weighted by atomic mass is 10.0. The average Bonchev–Trinajstić information content (AvgIpc) is 3.35. The molecule has 0 unspecified atom stereocenters. The lowest BCUT2D eigenvalue weighted by molar-refractivity contribution is -0.133. The molecule has 1 N–H and O–H groups in total. The van der Waals surface area contributed by atoms with E-state index in [1.807, 2.05) is 28.9 Å². The fourth-order valence-corrected chi connectivity index (χ4v) is 4.47. The van der Waals surface area contributed by atoms with Crippen molar-refractivity contribution in [3.05, 3.63) is 35.5 Å². The van der Waals surface area contributed by atoms with Gasteiger partial charge in [-0.25, -0.2) is 0 Å². The summed E-state index contributed by atoms with van der Waals surface area (Å²) in [6, 6.07) is 8.09. The first-order valence-electron chi connectivity index (χ1n) is 10.3. The first-order valence-corrected chi connectivity index (χ1v) is 10.3. The Labute approximate surface area is 160 Å². The van der Waals surface area contributed by atoms with E-state index in [4.69, 9.17) is 0 Å². The Bertz CT molecular complexity index is 827. The maximum atomic E-state index is 12.8. The molecule has 2 fully saturated rings. The van der Waals surface area contributed by atoms with E-state index in [0.29, 0.717) is 38.3 Å². The van der Waals surface area contributed by atoms with E-state index in [1.54, 1.807) is 0 Å². The number of H-pyrrole nitrogens is 1. The number of aromatic nitrogens is 1. The van der Waals surface area contributed by atoms with Crippen LogP contribution in [0.5, 0.6) is 0 Å². The largest absolute Gasteiger partial charge is 0.351 e. The molecule has 2 amide bonds. The number of aromatic amines is 1. The van der Waals surface area contributed by atoms with Crippen LogP contribution in [0.15, 0.2) is 24.3 Å². The lowest BCUT2D eigenvalue weighted by Gasteiger charge is -2.34. The third-order valence-electron chi connectivity index (χ3n) is 6.17. The number of carbonyl (C=O) groups is 2. The van der Waals surface area contributed by atoms with Crippen LogP contribution in [0.1, 0.15) is 54.6 Å². The second kappa shape index (κ2) is 7.75. The van der Waals surface area contributed by atoms with E-state index in [1.165, 1.54) is 31.2 Å². The summed E-state index contributed by atoms with van der Waals surface area (Å²) in [5.41, 5.74) is 2.81. The van der Waals surface area contributed by atoms with E-state index < -0.39 is 0 Å². The zero-order chi connectivity index (χ0) is 18.8. The molecule has 4 rings (SSSR count). The molecule has 27 heavy (non-hydrogen) atoms. The molecule has 0 spiro atoms. The molecular formula is C22H29N3O2. The first kappa shape index (κ1) is 18.1. The van der Waals surface area contributed by atoms with Crippen LogP contribution in [0, 0.1) is 12.8 Å². The molecule has 5 nitrogen and oxygen atoms in total. The molecule has 1 aliphatic carbocycles. The minimum atomic E-state index is 0.0295. The second-order valence-corrected chi connectivity index (χ2v) is 8.14. The Hall–Kier alpha value is -2.30. The van der Waals surface area contributed by atoms with Gasteiger partial charge >= 0.3 is 0 Å². The molecule has 0 radical (unpaired) electrons. The molecular weight excluding hydrogens is 338 g/mol. The summed E-state index contributed by atoms with van der Waals surface area (Å²) >= 11 is 0. The van der Waals surface area contributed by atoms with Gasteiger partial charge in [0.05, 0.1) is 0 Å². The van der Waals surface area contributed by atoms with E-state index in [2.05, 4.69) is 17.1 Å². The second-order valence-electron chi connectivity index (χ2n) is 8.14. The third-order valence-corrected chi connectivity index (χ3v) is 6.17. The predicted octanol–water partition coefficient (Wildman–Crippen LogP) is 3.73. The highest BCUT2D eigenvalue weighted by atomic mass is 16.2. The molecule has 0 bridgehead atoms. The number of fused-ring (bicyclic) bond motifs is 1. The van der Waals surface area contributed by atoms with Crippen molar-refractivity contribution >= 4 is 22.7 Å². The standard InChI is InChI=1S/C22H29N3O2/c1-16-6-8-18-15-20(23-19(18)14-16)22(27)25-12-10-24(11-13-25)21(26)9-7-17-4-2-3-5-17/h6,8,14-15,17,23H,2-5,7,9-13H2,1H3. The Kier molecular flexibility index (Phi) is 5.19. The fraction of sp³-hybridized carbons (Fsp3) is 0.545. The molecule has 1 saturated carbocycles. The topological polar surface area (TPSA) is 56.4 Å². The zero-order valence-electron chi connectivity index (χ0n) is 16.2. The van der Waals surface area contributed by atoms with Crippen LogP contribution in [-0.4, -0.2) is 52.8 Å². The van der Waals surface area contributed by atoms with E-state index in [-0.39, 0.29) is 11.8 Å². The van der Waals surface area contributed by atoms with Gasteiger partial charge in [-0.3, -0.25) is 9.59 Å². The smallest absolute Gasteiger partial charge is 0.270 e. The number of carbonyl (C=O) groups excluding carboxylic acids is 2. The highest BCUT2D eigenvalue weighted by molar-refractivity contribution is 5.98. The SMILES string of the molecule is Cc1ccc2cc(C(=O)N3CCN(C(=O)CCC4CCCC4)CC3)[nH]c2c1. The van der Waals surface area contributed by atoms with Crippen molar-refractivity contribution in [2.24, 2.45) is 5.92 Å². The van der Waals surface area contributed by atoms with Crippen LogP contribution in [0.4, 0.5) is 0 Å². The van der Waals surface area contributed by atoms with Crippen molar-refractivity contribution in [2.45, 2.75) is 45.4 Å². The highest BCUT2D eigenvalue weighted by Gasteiger charge is 2.26. The van der Waals surface area contributed by atoms with Crippen molar-refractivity contribution in [3.8, 4) is 0 Å². The highest BCUT2D eigenvalue weighted by Crippen LogP contribution is 2.28. The number of nitrogens with zero attached hydrogens (tertiary/aromatic N) is 2. The first-order chi connectivity index (χ1) is 13.1. The lowest BCUT2D eigenvalue weighted by Crippen LogP contribution is -2.50. The minimum Gasteiger partial charge on any atom is -0.351 e. The van der Waals surface area contributed by atoms with Crippen LogP contribution in [0.3, 0.4) is 0 Å². The summed E-state index contributed by atoms with van der Waals surface area (Å²) in [6.45, 7) is 4.57. The number of benzene rings is 1. The Balaban J connectivity index is 1.31. The predicted molar refractivity (Wildman–Crippen MR) is 107 cm³/mol. The zero-order valence-corrected chi connectivity index (χ0v) is 16.2. The van der Waals surface area contributed by atoms with Gasteiger partial charge in [0.2, 0.25) is 5.91 Å². The minimum absolute atomic E-state index is 0.0295. The van der Waals surface area contributed by atoms with Gasteiger partial charge in [0.15, 0.2) is 0 Å². The Morgan fingerprint density at radius 1 is 1.04 bits per heavy atom. The molecule has 1 saturated heterocycles. The van der Waals surface area contributed by atoms with Crippen molar-refractivity contribution in [2.75, 3.05) is 26.2 Å². The van der Waals surface area contributed by atoms with Crippen LogP contribution in [0.2, 0.25) is 0 Å². The van der Waals surface area contributed by atoms with E-state index in [9.17, 15) is 9.59 Å². The van der Waals surface area contributed by atoms with Crippen LogP contribution in [0.25, 0.3) is 10.9 Å². The van der Waals surface area contributed by atoms with E-state index in [0.717, 1.165) is 23.2 Å². The van der Waals surface area contributed by atoms with Crippen molar-refractivity contribution in [1.29, 1.82) is 0 Å². The average molecular weight is 367 g/mol. The number of hydrogen-bond donors (Lipinski definition) is 1. The quantitative estimate of drug-likeness (QED) is 0.895. The van der Waals surface area contributed by atoms with E-state index >= 15 is 0 Å². The number of hydrogen-bond acceptors (Lipinski definition) is 2. The summed E-state index contributed by atoms with van der Waals surface area (Å²) in [5, 5.41) is 1.06. The molecule has 1 aromatic heterocycles. The molecule has 1 aromatic carbocycles. The third kappa shape index (κ3) is 4.02. The molecule has 144 valence electrons. The van der Waals surface area contributed by atoms with Gasteiger partial charge < -0.3 is 14.8 Å². The van der Waals surface area contributed by atoms with Gasteiger partial charge in [-0.05, 0) is 37.0 Å². The van der Waals surface area contributed by atoms with Gasteiger partial charge in [-0.15, -0.1) is 0 Å². The van der Waals surface area contributed by atoms with Crippen LogP contribution in [-0.2, 0) is 4.79 Å². The molecule has 0 atom stereocenters. The Morgan fingerprint density at radius 3 is 2.48 bits per heavy atom. The molecule has 2 heterocycles. The number of aryl methyl sites for hydroxylation is 1. The van der Waals surface area contributed by atoms with Gasteiger partial charge in [-0.2, -0.15) is 0 Å². The number of rotatable bonds is 4. The maximum Gasteiger partial charge on any atom is 0.270 e. The molecule has 1 aliphatic heterocycles. The summed E-state index contributed by atoms with van der Waals surface area (Å²) in [6.07, 6.45) is 6.94. The molecule has 2 aromatic rings. The van der Waals surface area contributed by atoms with Gasteiger partial charge in [-0.1, -0.05) is 37.8 Å². The van der Waals surface area contributed by atoms with Crippen molar-refractivity contribution < 1.29 is 9.59 Å². The van der Waals surface area contributed by atoms with Crippen LogP contribution >= 0.6 is 0 Å². The summed E-state index contributed by atoms with van der Waals surface area (Å²) < 4.78 is 0. The number of nitrogens with one attached hydrogen (secondary N) is 1. The summed E-state index contributed by atoms with van der Waals surface area (Å²) in [4.78, 5) is 32.3. The maximum absolute atomic E-state index is 12.8. The Morgan fingerprint density at radius 2 is 1.74 bits per heavy atom. The number of amides is 2. The normalized spacial score (nSPS) is 18.4. The molecule has 5 heteroatoms. The van der Waals surface area contributed by atoms with Gasteiger partial charge in [0.1, 0.15) is 5.69 Å². The fourth-order valence-electron chi connectivity index (χ4n) is 4.47. The van der Waals surface area contributed by atoms with Crippen LogP contribution < -0.4 is 0 Å².